The second kappa shape index (κ2) is 15.2. The summed E-state index contributed by atoms with van der Waals surface area (Å²) >= 11 is 0. The molecule has 0 saturated carbocycles. The van der Waals surface area contributed by atoms with Crippen LogP contribution in [0.4, 0.5) is 0 Å². The minimum Gasteiger partial charge on any atom is -0.436 e. The van der Waals surface area contributed by atoms with Gasteiger partial charge in [-0.3, -0.25) is 0 Å². The minimum atomic E-state index is -3.23. The standard InChI is InChI=1S/C24H31N2O6P3/c1-4-27-33(30-22-16-10-7-11-17-22)25-35(29-6-3,32-24-20-14-9-15-21-24)26-34(28-5-2)31-23-18-12-8-13-19-23/h7-21,25H,4-6H2,1-3H3. The fraction of sp³-hybridized carbons (Fsp3) is 0.250. The van der Waals surface area contributed by atoms with Crippen molar-refractivity contribution in [2.24, 2.45) is 4.52 Å². The van der Waals surface area contributed by atoms with E-state index >= 15 is 0 Å². The maximum Gasteiger partial charge on any atom is 0.377 e. The van der Waals surface area contributed by atoms with Crippen LogP contribution in [0.1, 0.15) is 20.8 Å². The first kappa shape index (κ1) is 27.6. The lowest BCUT2D eigenvalue weighted by Crippen LogP contribution is -2.16. The van der Waals surface area contributed by atoms with E-state index in [1.165, 1.54) is 0 Å². The van der Waals surface area contributed by atoms with Crippen LogP contribution in [0.15, 0.2) is 95.5 Å². The first-order valence-corrected chi connectivity index (χ1v) is 15.2. The fourth-order valence-electron chi connectivity index (χ4n) is 2.66. The van der Waals surface area contributed by atoms with E-state index in [4.69, 9.17) is 31.7 Å². The molecule has 188 valence electrons. The summed E-state index contributed by atoms with van der Waals surface area (Å²) in [6.07, 6.45) is 0. The summed E-state index contributed by atoms with van der Waals surface area (Å²) in [5.74, 6) is 1.88. The topological polar surface area (TPSA) is 79.8 Å². The highest BCUT2D eigenvalue weighted by molar-refractivity contribution is 7.70. The number of nitrogens with zero attached hydrogens (tertiary/aromatic N) is 1. The second-order valence-electron chi connectivity index (χ2n) is 6.67. The second-order valence-corrected chi connectivity index (χ2v) is 11.5. The molecule has 0 aliphatic heterocycles. The molecule has 3 aromatic rings. The van der Waals surface area contributed by atoms with E-state index in [2.05, 4.69) is 4.86 Å². The Kier molecular flexibility index (Phi) is 12.0. The molecule has 0 aromatic heterocycles. The van der Waals surface area contributed by atoms with Gasteiger partial charge in [-0.05, 0) is 57.2 Å². The van der Waals surface area contributed by atoms with Crippen molar-refractivity contribution in [1.29, 1.82) is 0 Å². The zero-order valence-corrected chi connectivity index (χ0v) is 22.7. The first-order chi connectivity index (χ1) is 17.2. The molecule has 35 heavy (non-hydrogen) atoms. The minimum absolute atomic E-state index is 0.332. The molecule has 0 aliphatic carbocycles. The molecule has 8 nitrogen and oxygen atoms in total. The van der Waals surface area contributed by atoms with Crippen molar-refractivity contribution in [2.75, 3.05) is 19.8 Å². The van der Waals surface area contributed by atoms with Gasteiger partial charge in [0.2, 0.25) is 0 Å². The van der Waals surface area contributed by atoms with E-state index < -0.39 is 24.7 Å². The molecular formula is C24H31N2O6P3. The first-order valence-electron chi connectivity index (χ1n) is 11.3. The third kappa shape index (κ3) is 9.51. The lowest BCUT2D eigenvalue weighted by Gasteiger charge is -2.29. The van der Waals surface area contributed by atoms with Crippen LogP contribution in [-0.2, 0) is 13.6 Å². The predicted molar refractivity (Wildman–Crippen MR) is 142 cm³/mol. The maximum absolute atomic E-state index is 6.40. The van der Waals surface area contributed by atoms with Crippen molar-refractivity contribution >= 4 is 24.7 Å². The number of nitrogens with one attached hydrogen (secondary N) is 1. The zero-order chi connectivity index (χ0) is 24.8. The maximum atomic E-state index is 6.40. The van der Waals surface area contributed by atoms with Gasteiger partial charge in [0, 0.05) is 0 Å². The highest BCUT2D eigenvalue weighted by Gasteiger charge is 2.34. The Morgan fingerprint density at radius 1 is 0.657 bits per heavy atom. The van der Waals surface area contributed by atoms with Crippen molar-refractivity contribution in [3.8, 4) is 17.2 Å². The van der Waals surface area contributed by atoms with Gasteiger partial charge in [0.1, 0.15) is 17.2 Å². The zero-order valence-electron chi connectivity index (χ0n) is 20.0. The number of hydrogen-bond acceptors (Lipinski definition) is 7. The van der Waals surface area contributed by atoms with E-state index in [0.29, 0.717) is 37.1 Å². The molecule has 0 amide bonds. The van der Waals surface area contributed by atoms with Crippen LogP contribution in [0.2, 0.25) is 0 Å². The van der Waals surface area contributed by atoms with Crippen molar-refractivity contribution in [3.05, 3.63) is 91.0 Å². The quantitative estimate of drug-likeness (QED) is 0.196. The van der Waals surface area contributed by atoms with Gasteiger partial charge in [-0.15, -0.1) is 9.37 Å². The summed E-state index contributed by atoms with van der Waals surface area (Å²) in [6.45, 7) is 6.81. The Morgan fingerprint density at radius 3 is 1.69 bits per heavy atom. The monoisotopic (exact) mass is 536 g/mol. The average molecular weight is 536 g/mol. The van der Waals surface area contributed by atoms with Crippen LogP contribution in [0.25, 0.3) is 0 Å². The van der Waals surface area contributed by atoms with Crippen molar-refractivity contribution in [1.82, 2.24) is 4.86 Å². The van der Waals surface area contributed by atoms with Crippen LogP contribution in [0.3, 0.4) is 0 Å². The Labute approximate surface area is 210 Å². The van der Waals surface area contributed by atoms with E-state index in [0.717, 1.165) is 0 Å². The molecule has 0 bridgehead atoms. The van der Waals surface area contributed by atoms with Crippen LogP contribution < -0.4 is 18.4 Å². The summed E-state index contributed by atoms with van der Waals surface area (Å²) in [6, 6.07) is 28.2. The van der Waals surface area contributed by atoms with E-state index in [-0.39, 0.29) is 0 Å². The van der Waals surface area contributed by atoms with Crippen LogP contribution in [-0.4, -0.2) is 19.8 Å². The molecule has 3 unspecified atom stereocenters. The van der Waals surface area contributed by atoms with Gasteiger partial charge >= 0.3 is 24.7 Å². The number of rotatable bonds is 15. The van der Waals surface area contributed by atoms with Gasteiger partial charge in [-0.25, -0.2) is 0 Å². The van der Waals surface area contributed by atoms with Crippen LogP contribution in [0.5, 0.6) is 17.2 Å². The lowest BCUT2D eigenvalue weighted by molar-refractivity contribution is 0.303. The van der Waals surface area contributed by atoms with Gasteiger partial charge in [0.15, 0.2) is 0 Å². The predicted octanol–water partition coefficient (Wildman–Crippen LogP) is 8.32. The SMILES string of the molecule is CCOP(N=P(NP(OCC)Oc1ccccc1)(OCC)Oc1ccccc1)Oc1ccccc1. The summed E-state index contributed by atoms with van der Waals surface area (Å²) < 4.78 is 41.4. The smallest absolute Gasteiger partial charge is 0.377 e. The molecular weight excluding hydrogens is 505 g/mol. The molecule has 0 saturated heterocycles. The number of benzene rings is 3. The van der Waals surface area contributed by atoms with Gasteiger partial charge in [-0.2, -0.15) is 0 Å². The Morgan fingerprint density at radius 2 is 1.17 bits per heavy atom. The molecule has 3 rings (SSSR count). The number of hydrogen-bond donors (Lipinski definition) is 1. The molecule has 0 spiro atoms. The molecule has 0 radical (unpaired) electrons. The van der Waals surface area contributed by atoms with Gasteiger partial charge in [-0.1, -0.05) is 54.6 Å². The summed E-state index contributed by atoms with van der Waals surface area (Å²) in [5, 5.41) is 0. The third-order valence-electron chi connectivity index (χ3n) is 4.02. The Hall–Kier alpha value is -2.01. The van der Waals surface area contributed by atoms with Gasteiger partial charge in [0.05, 0.1) is 19.8 Å². The lowest BCUT2D eigenvalue weighted by atomic mass is 10.3. The average Bonchev–Trinajstić information content (AvgIpc) is 2.86. The van der Waals surface area contributed by atoms with Crippen molar-refractivity contribution < 1.29 is 27.1 Å². The third-order valence-corrected chi connectivity index (χ3v) is 9.99. The summed E-state index contributed by atoms with van der Waals surface area (Å²) in [7, 11) is -6.68. The molecule has 3 atom stereocenters. The van der Waals surface area contributed by atoms with Gasteiger partial charge < -0.3 is 27.1 Å². The van der Waals surface area contributed by atoms with Gasteiger partial charge in [0.25, 0.3) is 0 Å². The van der Waals surface area contributed by atoms with E-state index in [1.54, 1.807) is 0 Å². The highest BCUT2D eigenvalue weighted by atomic mass is 31.3. The fourth-order valence-corrected chi connectivity index (χ4v) is 8.26. The summed E-state index contributed by atoms with van der Waals surface area (Å²) in [5.41, 5.74) is 0. The van der Waals surface area contributed by atoms with E-state index in [1.807, 2.05) is 112 Å². The van der Waals surface area contributed by atoms with Crippen LogP contribution in [0, 0.1) is 0 Å². The molecule has 3 aromatic carbocycles. The Balaban J connectivity index is 2.00. The largest absolute Gasteiger partial charge is 0.436 e. The summed E-state index contributed by atoms with van der Waals surface area (Å²) in [4.78, 5) is 3.32. The molecule has 0 heterocycles. The molecule has 11 heteroatoms. The Bertz CT molecular complexity index is 1030. The highest BCUT2D eigenvalue weighted by Crippen LogP contribution is 2.61. The number of para-hydroxylation sites is 3. The van der Waals surface area contributed by atoms with Crippen molar-refractivity contribution in [3.63, 3.8) is 0 Å². The van der Waals surface area contributed by atoms with E-state index in [9.17, 15) is 0 Å². The van der Waals surface area contributed by atoms with Crippen LogP contribution >= 0.6 is 24.7 Å². The molecule has 1 N–H and O–H groups in total. The molecule has 0 fully saturated rings. The molecule has 0 aliphatic rings. The normalized spacial score (nSPS) is 14.4. The van der Waals surface area contributed by atoms with Crippen molar-refractivity contribution in [2.45, 2.75) is 20.8 Å².